The first kappa shape index (κ1) is 22.7. The molecule has 0 amide bonds. The van der Waals surface area contributed by atoms with Gasteiger partial charge in [0.05, 0.1) is 12.0 Å². The van der Waals surface area contributed by atoms with Gasteiger partial charge in [-0.1, -0.05) is 48.8 Å². The van der Waals surface area contributed by atoms with Crippen LogP contribution in [0.2, 0.25) is 0 Å². The van der Waals surface area contributed by atoms with Crippen molar-refractivity contribution >= 4 is 5.97 Å². The van der Waals surface area contributed by atoms with Gasteiger partial charge in [-0.15, -0.1) is 0 Å². The minimum absolute atomic E-state index is 0.0812. The Labute approximate surface area is 160 Å². The van der Waals surface area contributed by atoms with E-state index in [1.165, 1.54) is 16.7 Å². The van der Waals surface area contributed by atoms with Crippen molar-refractivity contribution in [2.75, 3.05) is 13.2 Å². The third-order valence-corrected chi connectivity index (χ3v) is 5.79. The van der Waals surface area contributed by atoms with Crippen molar-refractivity contribution in [2.45, 2.75) is 80.1 Å². The van der Waals surface area contributed by atoms with Crippen molar-refractivity contribution in [2.24, 2.45) is 10.8 Å². The molecule has 0 aromatic heterocycles. The van der Waals surface area contributed by atoms with Gasteiger partial charge in [0.15, 0.2) is 0 Å². The second-order valence-electron chi connectivity index (χ2n) is 8.73. The van der Waals surface area contributed by atoms with Crippen molar-refractivity contribution in [3.63, 3.8) is 0 Å². The summed E-state index contributed by atoms with van der Waals surface area (Å²) in [5, 5.41) is 8.89. The zero-order chi connectivity index (χ0) is 19.8. The highest BCUT2D eigenvalue weighted by molar-refractivity contribution is 5.78. The predicted octanol–water partition coefficient (Wildman–Crippen LogP) is 5.75. The fourth-order valence-electron chi connectivity index (χ4n) is 3.50. The SMILES string of the molecule is CC(C)=CCCC(C)=CCCC1=CC[C@@](C)(C(=O)OCCO)C(C)(C)C1. The third kappa shape index (κ3) is 6.42. The van der Waals surface area contributed by atoms with Crippen molar-refractivity contribution < 1.29 is 14.6 Å². The van der Waals surface area contributed by atoms with Crippen LogP contribution in [0.5, 0.6) is 0 Å². The molecule has 0 heterocycles. The molecule has 0 fully saturated rings. The molecule has 148 valence electrons. The Morgan fingerprint density at radius 1 is 1.19 bits per heavy atom. The standard InChI is InChI=1S/C23H38O3/c1-18(2)9-7-10-19(3)11-8-12-20-13-14-23(6,22(4,5)17-20)21(25)26-16-15-24/h9,11,13,24H,7-8,10,12,14-17H2,1-6H3/t23-/m0/s1. The number of hydrogen-bond acceptors (Lipinski definition) is 3. The van der Waals surface area contributed by atoms with E-state index in [2.05, 4.69) is 52.8 Å². The Hall–Kier alpha value is -1.35. The highest BCUT2D eigenvalue weighted by Crippen LogP contribution is 2.51. The molecule has 26 heavy (non-hydrogen) atoms. The number of rotatable bonds is 9. The van der Waals surface area contributed by atoms with Gasteiger partial charge in [-0.25, -0.2) is 0 Å². The molecule has 0 saturated carbocycles. The summed E-state index contributed by atoms with van der Waals surface area (Å²) in [5.41, 5.74) is 3.60. The number of aliphatic hydroxyl groups is 1. The van der Waals surface area contributed by atoms with Gasteiger partial charge in [0.2, 0.25) is 0 Å². The van der Waals surface area contributed by atoms with Crippen molar-refractivity contribution in [3.8, 4) is 0 Å². The fraction of sp³-hybridized carbons (Fsp3) is 0.696. The molecule has 1 aliphatic carbocycles. The van der Waals surface area contributed by atoms with Crippen LogP contribution < -0.4 is 0 Å². The molecular formula is C23H38O3. The fourth-order valence-corrected chi connectivity index (χ4v) is 3.50. The maximum absolute atomic E-state index is 12.5. The highest BCUT2D eigenvalue weighted by atomic mass is 16.5. The first-order valence-electron chi connectivity index (χ1n) is 9.87. The number of allylic oxidation sites excluding steroid dienone is 6. The van der Waals surface area contributed by atoms with Crippen LogP contribution in [0.1, 0.15) is 80.1 Å². The number of carbonyl (C=O) groups excluding carboxylic acids is 1. The molecule has 3 nitrogen and oxygen atoms in total. The quantitative estimate of drug-likeness (QED) is 0.420. The summed E-state index contributed by atoms with van der Waals surface area (Å²) in [4.78, 5) is 12.5. The minimum Gasteiger partial charge on any atom is -0.463 e. The van der Waals surface area contributed by atoms with Gasteiger partial charge in [0, 0.05) is 0 Å². The third-order valence-electron chi connectivity index (χ3n) is 5.79. The van der Waals surface area contributed by atoms with Gasteiger partial charge in [-0.2, -0.15) is 0 Å². The Balaban J connectivity index is 2.61. The van der Waals surface area contributed by atoms with E-state index in [0.29, 0.717) is 6.42 Å². The molecule has 0 aliphatic heterocycles. The van der Waals surface area contributed by atoms with E-state index in [9.17, 15) is 4.79 Å². The van der Waals surface area contributed by atoms with E-state index < -0.39 is 5.41 Å². The van der Waals surface area contributed by atoms with E-state index in [0.717, 1.165) is 32.1 Å². The Morgan fingerprint density at radius 2 is 1.88 bits per heavy atom. The molecule has 0 aromatic carbocycles. The average molecular weight is 363 g/mol. The van der Waals surface area contributed by atoms with Crippen LogP contribution in [0.25, 0.3) is 0 Å². The Morgan fingerprint density at radius 3 is 2.46 bits per heavy atom. The maximum Gasteiger partial charge on any atom is 0.312 e. The molecule has 1 atom stereocenters. The summed E-state index contributed by atoms with van der Waals surface area (Å²) >= 11 is 0. The molecule has 1 aliphatic rings. The molecular weight excluding hydrogens is 324 g/mol. The summed E-state index contributed by atoms with van der Waals surface area (Å²) in [7, 11) is 0. The second-order valence-corrected chi connectivity index (χ2v) is 8.73. The molecule has 0 saturated heterocycles. The van der Waals surface area contributed by atoms with Gasteiger partial charge >= 0.3 is 5.97 Å². The van der Waals surface area contributed by atoms with E-state index in [-0.39, 0.29) is 24.6 Å². The lowest BCUT2D eigenvalue weighted by Crippen LogP contribution is -2.45. The lowest BCUT2D eigenvalue weighted by molar-refractivity contribution is -0.164. The summed E-state index contributed by atoms with van der Waals surface area (Å²) in [6.07, 6.45) is 12.9. The van der Waals surface area contributed by atoms with E-state index in [4.69, 9.17) is 9.84 Å². The zero-order valence-corrected chi connectivity index (χ0v) is 17.7. The number of carbonyl (C=O) groups is 1. The number of ether oxygens (including phenoxy) is 1. The highest BCUT2D eigenvalue weighted by Gasteiger charge is 2.49. The first-order chi connectivity index (χ1) is 12.1. The molecule has 0 radical (unpaired) electrons. The van der Waals surface area contributed by atoms with Crippen LogP contribution in [-0.2, 0) is 9.53 Å². The maximum atomic E-state index is 12.5. The van der Waals surface area contributed by atoms with Gasteiger partial charge < -0.3 is 9.84 Å². The van der Waals surface area contributed by atoms with Gasteiger partial charge in [0.1, 0.15) is 6.61 Å². The lowest BCUT2D eigenvalue weighted by Gasteiger charge is -2.45. The topological polar surface area (TPSA) is 46.5 Å². The van der Waals surface area contributed by atoms with Gasteiger partial charge in [-0.05, 0) is 71.6 Å². The van der Waals surface area contributed by atoms with E-state index >= 15 is 0 Å². The molecule has 0 aromatic rings. The van der Waals surface area contributed by atoms with Crippen LogP contribution in [0, 0.1) is 10.8 Å². The number of aliphatic hydroxyl groups excluding tert-OH is 1. The molecule has 1 N–H and O–H groups in total. The zero-order valence-electron chi connectivity index (χ0n) is 17.7. The predicted molar refractivity (Wildman–Crippen MR) is 109 cm³/mol. The first-order valence-corrected chi connectivity index (χ1v) is 9.87. The summed E-state index contributed by atoms with van der Waals surface area (Å²) in [6, 6.07) is 0. The average Bonchev–Trinajstić information content (AvgIpc) is 2.55. The molecule has 0 spiro atoms. The minimum atomic E-state index is -0.526. The van der Waals surface area contributed by atoms with Crippen LogP contribution in [-0.4, -0.2) is 24.3 Å². The molecule has 1 rings (SSSR count). The summed E-state index contributed by atoms with van der Waals surface area (Å²) in [5.74, 6) is -0.193. The van der Waals surface area contributed by atoms with Gasteiger partial charge in [-0.3, -0.25) is 4.79 Å². The van der Waals surface area contributed by atoms with Gasteiger partial charge in [0.25, 0.3) is 0 Å². The van der Waals surface area contributed by atoms with Crippen LogP contribution in [0.15, 0.2) is 34.9 Å². The second kappa shape index (κ2) is 10.1. The Bertz CT molecular complexity index is 562. The lowest BCUT2D eigenvalue weighted by atomic mass is 9.59. The summed E-state index contributed by atoms with van der Waals surface area (Å²) < 4.78 is 5.24. The van der Waals surface area contributed by atoms with E-state index in [1.807, 2.05) is 6.92 Å². The summed E-state index contributed by atoms with van der Waals surface area (Å²) in [6.45, 7) is 12.8. The Kier molecular flexibility index (Phi) is 8.82. The van der Waals surface area contributed by atoms with Crippen molar-refractivity contribution in [1.29, 1.82) is 0 Å². The molecule has 3 heteroatoms. The largest absolute Gasteiger partial charge is 0.463 e. The normalized spacial score (nSPS) is 22.6. The van der Waals surface area contributed by atoms with Crippen molar-refractivity contribution in [1.82, 2.24) is 0 Å². The van der Waals surface area contributed by atoms with Crippen molar-refractivity contribution in [3.05, 3.63) is 34.9 Å². The van der Waals surface area contributed by atoms with Crippen LogP contribution in [0.3, 0.4) is 0 Å². The smallest absolute Gasteiger partial charge is 0.312 e. The monoisotopic (exact) mass is 362 g/mol. The molecule has 0 bridgehead atoms. The number of hydrogen-bond donors (Lipinski definition) is 1. The van der Waals surface area contributed by atoms with E-state index in [1.54, 1.807) is 0 Å². The van der Waals surface area contributed by atoms with Crippen LogP contribution >= 0.6 is 0 Å². The number of esters is 1. The van der Waals surface area contributed by atoms with Crippen LogP contribution in [0.4, 0.5) is 0 Å². The molecule has 0 unspecified atom stereocenters.